The molecule has 0 radical (unpaired) electrons. The van der Waals surface area contributed by atoms with Crippen molar-refractivity contribution in [2.75, 3.05) is 32.7 Å². The number of hydrogen-bond donors (Lipinski definition) is 1. The Hall–Kier alpha value is -1.88. The maximum atomic E-state index is 12.6. The molecule has 0 unspecified atom stereocenters. The van der Waals surface area contributed by atoms with Crippen LogP contribution in [0.3, 0.4) is 0 Å². The maximum absolute atomic E-state index is 12.6. The predicted octanol–water partition coefficient (Wildman–Crippen LogP) is 2.61. The second-order valence-corrected chi connectivity index (χ2v) is 8.54. The van der Waals surface area contributed by atoms with E-state index in [0.29, 0.717) is 12.5 Å². The molecule has 2 saturated heterocycles. The van der Waals surface area contributed by atoms with Gasteiger partial charge in [0.15, 0.2) is 0 Å². The van der Waals surface area contributed by atoms with Gasteiger partial charge in [0.25, 0.3) is 0 Å². The molecule has 1 aliphatic carbocycles. The molecule has 5 nitrogen and oxygen atoms in total. The zero-order chi connectivity index (χ0) is 18.9. The fourth-order valence-corrected chi connectivity index (χ4v) is 5.32. The number of piperidine rings is 2. The first kappa shape index (κ1) is 18.5. The van der Waals surface area contributed by atoms with Crippen LogP contribution in [-0.2, 0) is 15.0 Å². The van der Waals surface area contributed by atoms with Gasteiger partial charge in [-0.2, -0.15) is 0 Å². The summed E-state index contributed by atoms with van der Waals surface area (Å²) in [6, 6.07) is 8.71. The Bertz CT molecular complexity index is 703. The Morgan fingerprint density at radius 2 is 1.78 bits per heavy atom. The van der Waals surface area contributed by atoms with Crippen LogP contribution in [0.4, 0.5) is 0 Å². The van der Waals surface area contributed by atoms with E-state index in [4.69, 9.17) is 0 Å². The highest BCUT2D eigenvalue weighted by molar-refractivity contribution is 5.78. The van der Waals surface area contributed by atoms with Gasteiger partial charge in [0.2, 0.25) is 11.8 Å². The summed E-state index contributed by atoms with van der Waals surface area (Å²) in [5, 5.41) is 3.14. The summed E-state index contributed by atoms with van der Waals surface area (Å²) in [6.07, 6.45) is 6.66. The minimum atomic E-state index is 0.0383. The number of nitrogens with zero attached hydrogens (tertiary/aromatic N) is 2. The summed E-state index contributed by atoms with van der Waals surface area (Å²) in [7, 11) is 0. The highest BCUT2D eigenvalue weighted by atomic mass is 16.2. The number of likely N-dealkylation sites (tertiary alicyclic amines) is 2. The van der Waals surface area contributed by atoms with Crippen LogP contribution >= 0.6 is 0 Å². The van der Waals surface area contributed by atoms with Crippen molar-refractivity contribution in [1.82, 2.24) is 15.1 Å². The van der Waals surface area contributed by atoms with Gasteiger partial charge in [-0.15, -0.1) is 0 Å². The molecule has 3 aliphatic rings. The van der Waals surface area contributed by atoms with Crippen molar-refractivity contribution >= 4 is 11.8 Å². The summed E-state index contributed by atoms with van der Waals surface area (Å²) in [4.78, 5) is 28.6. The van der Waals surface area contributed by atoms with Crippen molar-refractivity contribution in [1.29, 1.82) is 0 Å². The first-order valence-electron chi connectivity index (χ1n) is 10.4. The molecule has 1 atom stereocenters. The summed E-state index contributed by atoms with van der Waals surface area (Å²) in [6.45, 7) is 5.95. The molecule has 0 aromatic heterocycles. The van der Waals surface area contributed by atoms with Crippen LogP contribution in [0.5, 0.6) is 0 Å². The molecule has 4 rings (SSSR count). The molecular weight excluding hydrogens is 338 g/mol. The van der Waals surface area contributed by atoms with Gasteiger partial charge < -0.3 is 10.2 Å². The number of carbonyl (C=O) groups excluding carboxylic acids is 2. The maximum Gasteiger partial charge on any atom is 0.236 e. The van der Waals surface area contributed by atoms with Gasteiger partial charge in [-0.1, -0.05) is 24.3 Å². The largest absolute Gasteiger partial charge is 0.349 e. The molecule has 1 aromatic rings. The summed E-state index contributed by atoms with van der Waals surface area (Å²) in [5.41, 5.74) is 2.84. The number of benzene rings is 1. The van der Waals surface area contributed by atoms with Crippen molar-refractivity contribution in [3.05, 3.63) is 35.4 Å². The van der Waals surface area contributed by atoms with Crippen molar-refractivity contribution in [3.8, 4) is 0 Å². The summed E-state index contributed by atoms with van der Waals surface area (Å²) in [5.74, 6) is 0.338. The van der Waals surface area contributed by atoms with Gasteiger partial charge in [0.05, 0.1) is 12.6 Å². The third-order valence-corrected chi connectivity index (χ3v) is 6.76. The molecule has 1 aromatic carbocycles. The molecule has 146 valence electrons. The van der Waals surface area contributed by atoms with Gasteiger partial charge in [-0.05, 0) is 62.7 Å². The van der Waals surface area contributed by atoms with Gasteiger partial charge in [0, 0.05) is 25.4 Å². The third-order valence-electron chi connectivity index (χ3n) is 6.76. The fourth-order valence-electron chi connectivity index (χ4n) is 5.32. The molecule has 2 fully saturated rings. The Morgan fingerprint density at radius 1 is 1.07 bits per heavy atom. The van der Waals surface area contributed by atoms with Crippen LogP contribution in [0.2, 0.25) is 0 Å². The van der Waals surface area contributed by atoms with Crippen molar-refractivity contribution in [3.63, 3.8) is 0 Å². The average Bonchev–Trinajstić information content (AvgIpc) is 2.97. The molecule has 1 N–H and O–H groups in total. The number of rotatable bonds is 3. The van der Waals surface area contributed by atoms with Gasteiger partial charge >= 0.3 is 0 Å². The van der Waals surface area contributed by atoms with Crippen LogP contribution in [0, 0.1) is 0 Å². The Labute approximate surface area is 162 Å². The third kappa shape index (κ3) is 3.75. The van der Waals surface area contributed by atoms with Gasteiger partial charge in [0.1, 0.15) is 0 Å². The highest BCUT2D eigenvalue weighted by Gasteiger charge is 2.45. The fraction of sp³-hybridized carbons (Fsp3) is 0.636. The van der Waals surface area contributed by atoms with E-state index in [1.165, 1.54) is 17.5 Å². The molecule has 0 bridgehead atoms. The number of fused-ring (bicyclic) bond motifs is 2. The van der Waals surface area contributed by atoms with Crippen molar-refractivity contribution in [2.24, 2.45) is 0 Å². The second kappa shape index (κ2) is 7.63. The van der Waals surface area contributed by atoms with Crippen LogP contribution < -0.4 is 5.32 Å². The lowest BCUT2D eigenvalue weighted by Gasteiger charge is -2.41. The van der Waals surface area contributed by atoms with E-state index in [-0.39, 0.29) is 17.4 Å². The van der Waals surface area contributed by atoms with E-state index < -0.39 is 0 Å². The molecule has 5 heteroatoms. The van der Waals surface area contributed by atoms with Crippen LogP contribution in [0.1, 0.15) is 62.6 Å². The van der Waals surface area contributed by atoms with Gasteiger partial charge in [-0.25, -0.2) is 0 Å². The summed E-state index contributed by atoms with van der Waals surface area (Å²) < 4.78 is 0. The van der Waals surface area contributed by atoms with Crippen LogP contribution in [0.25, 0.3) is 0 Å². The highest BCUT2D eigenvalue weighted by Crippen LogP contribution is 2.50. The van der Waals surface area contributed by atoms with E-state index in [0.717, 1.165) is 58.3 Å². The average molecular weight is 370 g/mol. The SMILES string of the molecule is CC(=O)N[C@H]1CC2(CCN(CC(=O)N3CCCCC3)CC2)c2ccccc21. The standard InChI is InChI=1S/C22H31N3O2/c1-17(26)23-20-15-22(19-8-4-3-7-18(19)20)9-13-24(14-10-22)16-21(27)25-11-5-2-6-12-25/h3-4,7-8,20H,2,5-6,9-16H2,1H3,(H,23,26)/t20-/m0/s1. The predicted molar refractivity (Wildman–Crippen MR) is 105 cm³/mol. The minimum absolute atomic E-state index is 0.0383. The second-order valence-electron chi connectivity index (χ2n) is 8.54. The Kier molecular flexibility index (Phi) is 5.22. The first-order chi connectivity index (χ1) is 13.1. The zero-order valence-electron chi connectivity index (χ0n) is 16.4. The molecule has 1 spiro atoms. The van der Waals surface area contributed by atoms with E-state index in [2.05, 4.69) is 34.5 Å². The van der Waals surface area contributed by atoms with E-state index >= 15 is 0 Å². The van der Waals surface area contributed by atoms with Crippen LogP contribution in [0.15, 0.2) is 24.3 Å². The molecule has 27 heavy (non-hydrogen) atoms. The van der Waals surface area contributed by atoms with E-state index in [1.807, 2.05) is 4.90 Å². The first-order valence-corrected chi connectivity index (χ1v) is 10.4. The molecule has 2 amide bonds. The van der Waals surface area contributed by atoms with E-state index in [9.17, 15) is 9.59 Å². The topological polar surface area (TPSA) is 52.7 Å². The summed E-state index contributed by atoms with van der Waals surface area (Å²) >= 11 is 0. The molecule has 2 heterocycles. The van der Waals surface area contributed by atoms with Crippen molar-refractivity contribution in [2.45, 2.75) is 56.9 Å². The monoisotopic (exact) mass is 369 g/mol. The number of amides is 2. The van der Waals surface area contributed by atoms with Crippen molar-refractivity contribution < 1.29 is 9.59 Å². The zero-order valence-corrected chi connectivity index (χ0v) is 16.4. The minimum Gasteiger partial charge on any atom is -0.349 e. The number of carbonyl (C=O) groups is 2. The molecular formula is C22H31N3O2. The lowest BCUT2D eigenvalue weighted by Crippen LogP contribution is -2.47. The number of nitrogens with one attached hydrogen (secondary N) is 1. The molecule has 0 saturated carbocycles. The smallest absolute Gasteiger partial charge is 0.236 e. The molecule has 2 aliphatic heterocycles. The van der Waals surface area contributed by atoms with Gasteiger partial charge in [-0.3, -0.25) is 14.5 Å². The number of hydrogen-bond acceptors (Lipinski definition) is 3. The normalized spacial score (nSPS) is 24.6. The lowest BCUT2D eigenvalue weighted by atomic mass is 9.73. The van der Waals surface area contributed by atoms with Crippen LogP contribution in [-0.4, -0.2) is 54.3 Å². The van der Waals surface area contributed by atoms with E-state index in [1.54, 1.807) is 6.92 Å². The Morgan fingerprint density at radius 3 is 2.48 bits per heavy atom. The Balaban J connectivity index is 1.41. The quantitative estimate of drug-likeness (QED) is 0.891. The lowest BCUT2D eigenvalue weighted by molar-refractivity contribution is -0.133.